The van der Waals surface area contributed by atoms with Crippen LogP contribution >= 0.6 is 0 Å². The Balaban J connectivity index is 1.55. The predicted molar refractivity (Wildman–Crippen MR) is 92.3 cm³/mol. The lowest BCUT2D eigenvalue weighted by molar-refractivity contribution is -0.122. The number of carbonyl (C=O) groups excluding carboxylic acids is 1. The van der Waals surface area contributed by atoms with Crippen LogP contribution < -0.4 is 5.32 Å². The lowest BCUT2D eigenvalue weighted by Gasteiger charge is -2.23. The van der Waals surface area contributed by atoms with Crippen LogP contribution in [-0.2, 0) is 21.1 Å². The zero-order chi connectivity index (χ0) is 17.2. The zero-order valence-electron chi connectivity index (χ0n) is 13.6. The Kier molecular flexibility index (Phi) is 4.49. The number of hydrogen-bond donors (Lipinski definition) is 1. The largest absolute Gasteiger partial charge is 0.461 e. The summed E-state index contributed by atoms with van der Waals surface area (Å²) in [5.41, 5.74) is 0.353. The van der Waals surface area contributed by atoms with E-state index in [-0.39, 0.29) is 23.8 Å². The Bertz CT molecular complexity index is 826. The van der Waals surface area contributed by atoms with Gasteiger partial charge in [-0.15, -0.1) is 0 Å². The number of furan rings is 1. The molecule has 1 amide bonds. The summed E-state index contributed by atoms with van der Waals surface area (Å²) in [6.45, 7) is 1.79. The van der Waals surface area contributed by atoms with Gasteiger partial charge in [0.25, 0.3) is 0 Å². The Morgan fingerprint density at radius 2 is 1.96 bits per heavy atom. The van der Waals surface area contributed by atoms with E-state index in [4.69, 9.17) is 4.42 Å². The van der Waals surface area contributed by atoms with Gasteiger partial charge in [-0.05, 0) is 25.5 Å². The van der Waals surface area contributed by atoms with E-state index in [1.165, 1.54) is 0 Å². The third-order valence-electron chi connectivity index (χ3n) is 4.26. The maximum Gasteiger partial charge on any atom is 0.220 e. The molecule has 0 saturated carbocycles. The fourth-order valence-electron chi connectivity index (χ4n) is 3.01. The Morgan fingerprint density at radius 1 is 1.21 bits per heavy atom. The van der Waals surface area contributed by atoms with Crippen LogP contribution in [-0.4, -0.2) is 31.4 Å². The second kappa shape index (κ2) is 6.43. The van der Waals surface area contributed by atoms with Gasteiger partial charge in [0, 0.05) is 18.4 Å². The van der Waals surface area contributed by atoms with Gasteiger partial charge in [-0.1, -0.05) is 30.3 Å². The van der Waals surface area contributed by atoms with Crippen molar-refractivity contribution in [1.82, 2.24) is 5.32 Å². The normalized spacial score (nSPS) is 22.4. The summed E-state index contributed by atoms with van der Waals surface area (Å²) in [6.07, 6.45) is 1.23. The maximum absolute atomic E-state index is 12.1. The molecule has 1 saturated heterocycles. The number of nitrogens with one attached hydrogen (secondary N) is 1. The molecule has 6 heteroatoms. The first-order valence-corrected chi connectivity index (χ1v) is 9.83. The summed E-state index contributed by atoms with van der Waals surface area (Å²) in [6, 6.07) is 13.5. The van der Waals surface area contributed by atoms with Crippen molar-refractivity contribution in [2.24, 2.45) is 0 Å². The molecule has 0 aliphatic carbocycles. The Hall–Kier alpha value is -2.08. The molecule has 1 fully saturated rings. The molecule has 1 aliphatic rings. The highest BCUT2D eigenvalue weighted by Crippen LogP contribution is 2.24. The number of sulfone groups is 1. The van der Waals surface area contributed by atoms with Crippen LogP contribution in [0.2, 0.25) is 0 Å². The molecule has 0 spiro atoms. The van der Waals surface area contributed by atoms with Crippen LogP contribution in [0.15, 0.2) is 46.9 Å². The van der Waals surface area contributed by atoms with E-state index in [0.29, 0.717) is 12.8 Å². The number of aryl methyl sites for hydroxylation is 1. The number of hydrogen-bond acceptors (Lipinski definition) is 4. The molecule has 0 radical (unpaired) electrons. The summed E-state index contributed by atoms with van der Waals surface area (Å²) in [5, 5.41) is 2.86. The minimum Gasteiger partial charge on any atom is -0.461 e. The lowest BCUT2D eigenvalue weighted by Crippen LogP contribution is -2.46. The minimum absolute atomic E-state index is 0.0185. The van der Waals surface area contributed by atoms with Crippen molar-refractivity contribution in [1.29, 1.82) is 0 Å². The summed E-state index contributed by atoms with van der Waals surface area (Å²) >= 11 is 0. The quantitative estimate of drug-likeness (QED) is 0.902. The van der Waals surface area contributed by atoms with E-state index in [0.717, 1.165) is 17.1 Å². The molecule has 128 valence electrons. The molecule has 1 aromatic heterocycles. The van der Waals surface area contributed by atoms with Crippen LogP contribution in [0.3, 0.4) is 0 Å². The van der Waals surface area contributed by atoms with Crippen molar-refractivity contribution in [3.63, 3.8) is 0 Å². The minimum atomic E-state index is -3.03. The number of carbonyl (C=O) groups is 1. The number of amides is 1. The molecule has 2 aromatic rings. The van der Waals surface area contributed by atoms with E-state index in [1.54, 1.807) is 6.92 Å². The van der Waals surface area contributed by atoms with Crippen LogP contribution in [0.5, 0.6) is 0 Å². The van der Waals surface area contributed by atoms with Crippen molar-refractivity contribution in [2.45, 2.75) is 31.7 Å². The fourth-order valence-corrected chi connectivity index (χ4v) is 5.11. The van der Waals surface area contributed by atoms with E-state index in [9.17, 15) is 13.2 Å². The molecule has 1 N–H and O–H groups in total. The van der Waals surface area contributed by atoms with Gasteiger partial charge in [-0.25, -0.2) is 8.42 Å². The van der Waals surface area contributed by atoms with E-state index >= 15 is 0 Å². The molecule has 1 aliphatic heterocycles. The van der Waals surface area contributed by atoms with Gasteiger partial charge in [-0.3, -0.25) is 4.79 Å². The molecule has 2 heterocycles. The van der Waals surface area contributed by atoms with Crippen LogP contribution in [0.4, 0.5) is 0 Å². The summed E-state index contributed by atoms with van der Waals surface area (Å²) in [5.74, 6) is 1.54. The lowest BCUT2D eigenvalue weighted by atomic mass is 10.0. The maximum atomic E-state index is 12.1. The Morgan fingerprint density at radius 3 is 2.62 bits per heavy atom. The van der Waals surface area contributed by atoms with Crippen molar-refractivity contribution in [2.75, 3.05) is 11.5 Å². The molecule has 0 bridgehead atoms. The SMILES string of the molecule is C[C@]1(NC(=O)CCc2ccc(-c3ccccc3)o2)CCS(=O)(=O)C1. The van der Waals surface area contributed by atoms with E-state index in [2.05, 4.69) is 5.32 Å². The molecular weight excluding hydrogens is 326 g/mol. The van der Waals surface area contributed by atoms with Crippen molar-refractivity contribution < 1.29 is 17.6 Å². The van der Waals surface area contributed by atoms with Crippen molar-refractivity contribution in [3.8, 4) is 11.3 Å². The van der Waals surface area contributed by atoms with Gasteiger partial charge in [0.1, 0.15) is 11.5 Å². The highest BCUT2D eigenvalue weighted by molar-refractivity contribution is 7.91. The van der Waals surface area contributed by atoms with E-state index in [1.807, 2.05) is 42.5 Å². The molecule has 3 rings (SSSR count). The van der Waals surface area contributed by atoms with Gasteiger partial charge < -0.3 is 9.73 Å². The van der Waals surface area contributed by atoms with Crippen LogP contribution in [0.1, 0.15) is 25.5 Å². The monoisotopic (exact) mass is 347 g/mol. The summed E-state index contributed by atoms with van der Waals surface area (Å²) < 4.78 is 28.9. The number of rotatable bonds is 5. The topological polar surface area (TPSA) is 76.4 Å². The smallest absolute Gasteiger partial charge is 0.220 e. The third kappa shape index (κ3) is 4.06. The first-order chi connectivity index (χ1) is 11.4. The van der Waals surface area contributed by atoms with Gasteiger partial charge >= 0.3 is 0 Å². The second-order valence-electron chi connectivity index (χ2n) is 6.58. The molecule has 1 aromatic carbocycles. The predicted octanol–water partition coefficient (Wildman–Crippen LogP) is 2.57. The Labute approximate surface area is 142 Å². The molecule has 1 atom stereocenters. The van der Waals surface area contributed by atoms with Gasteiger partial charge in [0.2, 0.25) is 5.91 Å². The van der Waals surface area contributed by atoms with Crippen molar-refractivity contribution in [3.05, 3.63) is 48.2 Å². The zero-order valence-corrected chi connectivity index (χ0v) is 14.4. The first kappa shape index (κ1) is 16.8. The summed E-state index contributed by atoms with van der Waals surface area (Å²) in [4.78, 5) is 12.1. The molecule has 0 unspecified atom stereocenters. The van der Waals surface area contributed by atoms with Crippen molar-refractivity contribution >= 4 is 15.7 Å². The average molecular weight is 347 g/mol. The highest BCUT2D eigenvalue weighted by atomic mass is 32.2. The molecule has 24 heavy (non-hydrogen) atoms. The highest BCUT2D eigenvalue weighted by Gasteiger charge is 2.39. The molecular formula is C18H21NO4S. The van der Waals surface area contributed by atoms with Gasteiger partial charge in [0.15, 0.2) is 9.84 Å². The van der Waals surface area contributed by atoms with Gasteiger partial charge in [0.05, 0.1) is 17.0 Å². The average Bonchev–Trinajstić information content (AvgIpc) is 3.10. The van der Waals surface area contributed by atoms with Crippen LogP contribution in [0.25, 0.3) is 11.3 Å². The second-order valence-corrected chi connectivity index (χ2v) is 8.77. The van der Waals surface area contributed by atoms with E-state index < -0.39 is 15.4 Å². The third-order valence-corrected chi connectivity index (χ3v) is 6.17. The standard InChI is InChI=1S/C18H21NO4S/c1-18(11-12-24(21,22)13-18)19-17(20)10-8-15-7-9-16(23-15)14-5-3-2-4-6-14/h2-7,9H,8,10-13H2,1H3,(H,19,20)/t18-/m0/s1. The van der Waals surface area contributed by atoms with Crippen LogP contribution in [0, 0.1) is 0 Å². The molecule has 5 nitrogen and oxygen atoms in total. The summed E-state index contributed by atoms with van der Waals surface area (Å²) in [7, 11) is -3.03. The van der Waals surface area contributed by atoms with Gasteiger partial charge in [-0.2, -0.15) is 0 Å². The number of benzene rings is 1. The first-order valence-electron chi connectivity index (χ1n) is 8.01. The fraction of sp³-hybridized carbons (Fsp3) is 0.389.